The van der Waals surface area contributed by atoms with Crippen LogP contribution < -0.4 is 5.32 Å². The minimum absolute atomic E-state index is 0.0149. The summed E-state index contributed by atoms with van der Waals surface area (Å²) in [6, 6.07) is 11.3. The molecule has 1 aliphatic carbocycles. The van der Waals surface area contributed by atoms with Gasteiger partial charge >= 0.3 is 0 Å². The Bertz CT molecular complexity index is 811. The van der Waals surface area contributed by atoms with Crippen LogP contribution in [0.2, 0.25) is 5.02 Å². The van der Waals surface area contributed by atoms with E-state index in [-0.39, 0.29) is 17.8 Å². The zero-order valence-electron chi connectivity index (χ0n) is 15.6. The number of nitrogens with one attached hydrogen (secondary N) is 1. The molecule has 2 aromatic rings. The summed E-state index contributed by atoms with van der Waals surface area (Å²) in [7, 11) is 0. The lowest BCUT2D eigenvalue weighted by molar-refractivity contribution is -0.119. The summed E-state index contributed by atoms with van der Waals surface area (Å²) < 4.78 is 13.8. The first kappa shape index (κ1) is 20.2. The van der Waals surface area contributed by atoms with Crippen molar-refractivity contribution < 1.29 is 9.18 Å². The van der Waals surface area contributed by atoms with E-state index in [0.29, 0.717) is 22.1 Å². The number of aryl methyl sites for hydroxylation is 2. The fourth-order valence-electron chi connectivity index (χ4n) is 3.52. The summed E-state index contributed by atoms with van der Waals surface area (Å²) in [5, 5.41) is 3.51. The minimum Gasteiger partial charge on any atom is -0.349 e. The van der Waals surface area contributed by atoms with E-state index in [1.165, 1.54) is 47.4 Å². The highest BCUT2D eigenvalue weighted by molar-refractivity contribution is 7.99. The Balaban J connectivity index is 1.54. The smallest absolute Gasteiger partial charge is 0.230 e. The molecule has 5 heteroatoms. The summed E-state index contributed by atoms with van der Waals surface area (Å²) in [6.45, 7) is 2.08. The molecular weight excluding hydrogens is 381 g/mol. The zero-order valence-corrected chi connectivity index (χ0v) is 17.1. The normalized spacial score (nSPS) is 14.5. The van der Waals surface area contributed by atoms with Gasteiger partial charge in [0.05, 0.1) is 11.8 Å². The van der Waals surface area contributed by atoms with Crippen LogP contribution in [-0.4, -0.2) is 11.7 Å². The number of hydrogen-bond acceptors (Lipinski definition) is 2. The van der Waals surface area contributed by atoms with Crippen molar-refractivity contribution in [3.8, 4) is 0 Å². The number of rotatable bonds is 7. The second kappa shape index (κ2) is 9.61. The van der Waals surface area contributed by atoms with Crippen molar-refractivity contribution in [2.24, 2.45) is 0 Å². The van der Waals surface area contributed by atoms with Gasteiger partial charge in [-0.2, -0.15) is 0 Å². The third-order valence-corrected chi connectivity index (χ3v) is 6.24. The molecule has 1 N–H and O–H groups in total. The number of carbonyl (C=O) groups is 1. The Morgan fingerprint density at radius 1 is 1.19 bits per heavy atom. The van der Waals surface area contributed by atoms with Crippen molar-refractivity contribution in [3.05, 3.63) is 69.5 Å². The highest BCUT2D eigenvalue weighted by Gasteiger charge is 2.16. The summed E-state index contributed by atoms with van der Waals surface area (Å²) in [5.74, 6) is 0.421. The van der Waals surface area contributed by atoms with Gasteiger partial charge in [0.15, 0.2) is 0 Å². The maximum atomic E-state index is 13.8. The Labute approximate surface area is 169 Å². The maximum absolute atomic E-state index is 13.8. The van der Waals surface area contributed by atoms with E-state index in [1.54, 1.807) is 12.1 Å². The Morgan fingerprint density at radius 2 is 1.96 bits per heavy atom. The van der Waals surface area contributed by atoms with Crippen LogP contribution in [0, 0.1) is 5.82 Å². The van der Waals surface area contributed by atoms with Gasteiger partial charge in [0.25, 0.3) is 0 Å². The molecule has 1 atom stereocenters. The number of halogens is 2. The van der Waals surface area contributed by atoms with E-state index in [1.807, 2.05) is 0 Å². The molecule has 0 bridgehead atoms. The van der Waals surface area contributed by atoms with Gasteiger partial charge in [0.1, 0.15) is 5.82 Å². The SMILES string of the molecule is CCC(NC(=O)CSCc1ccc(Cl)cc1F)c1ccc2c(c1)CCCC2. The van der Waals surface area contributed by atoms with E-state index in [0.717, 1.165) is 19.3 Å². The molecule has 27 heavy (non-hydrogen) atoms. The first-order valence-electron chi connectivity index (χ1n) is 9.49. The number of fused-ring (bicyclic) bond motifs is 1. The molecule has 0 aromatic heterocycles. The van der Waals surface area contributed by atoms with Gasteiger partial charge in [0.2, 0.25) is 5.91 Å². The third-order valence-electron chi connectivity index (χ3n) is 5.02. The van der Waals surface area contributed by atoms with Gasteiger partial charge < -0.3 is 5.32 Å². The van der Waals surface area contributed by atoms with E-state index < -0.39 is 0 Å². The standard InChI is InChI=1S/C22H25ClFNOS/c1-2-21(17-8-7-15-5-3-4-6-16(15)11-17)25-22(26)14-27-13-18-9-10-19(23)12-20(18)24/h7-12,21H,2-6,13-14H2,1H3,(H,25,26). The number of benzene rings is 2. The van der Waals surface area contributed by atoms with Crippen molar-refractivity contribution in [1.29, 1.82) is 0 Å². The number of carbonyl (C=O) groups excluding carboxylic acids is 1. The van der Waals surface area contributed by atoms with Crippen molar-refractivity contribution >= 4 is 29.3 Å². The van der Waals surface area contributed by atoms with Crippen molar-refractivity contribution in [2.45, 2.75) is 50.8 Å². The predicted molar refractivity (Wildman–Crippen MR) is 112 cm³/mol. The molecule has 144 valence electrons. The predicted octanol–water partition coefficient (Wildman–Crippen LogP) is 5.86. The van der Waals surface area contributed by atoms with Crippen molar-refractivity contribution in [1.82, 2.24) is 5.32 Å². The van der Waals surface area contributed by atoms with Gasteiger partial charge in [-0.1, -0.05) is 42.8 Å². The molecule has 0 fully saturated rings. The van der Waals surface area contributed by atoms with Crippen LogP contribution in [0.1, 0.15) is 54.5 Å². The highest BCUT2D eigenvalue weighted by atomic mass is 35.5. The molecule has 2 aromatic carbocycles. The Kier molecular flexibility index (Phi) is 7.20. The first-order chi connectivity index (χ1) is 13.1. The zero-order chi connectivity index (χ0) is 19.2. The van der Waals surface area contributed by atoms with Crippen LogP contribution in [0.4, 0.5) is 4.39 Å². The average Bonchev–Trinajstić information content (AvgIpc) is 2.67. The second-order valence-electron chi connectivity index (χ2n) is 6.99. The molecule has 2 nitrogen and oxygen atoms in total. The van der Waals surface area contributed by atoms with E-state index in [4.69, 9.17) is 11.6 Å². The Hall–Kier alpha value is -1.52. The van der Waals surface area contributed by atoms with Gasteiger partial charge in [-0.25, -0.2) is 4.39 Å². The molecule has 0 saturated carbocycles. The second-order valence-corrected chi connectivity index (χ2v) is 8.41. The van der Waals surface area contributed by atoms with Crippen LogP contribution in [-0.2, 0) is 23.4 Å². The molecule has 1 unspecified atom stereocenters. The van der Waals surface area contributed by atoms with Crippen LogP contribution in [0.25, 0.3) is 0 Å². The van der Waals surface area contributed by atoms with Crippen LogP contribution in [0.5, 0.6) is 0 Å². The molecule has 0 heterocycles. The Morgan fingerprint density at radius 3 is 2.70 bits per heavy atom. The number of hydrogen-bond donors (Lipinski definition) is 1. The van der Waals surface area contributed by atoms with Gasteiger partial charge in [0, 0.05) is 10.8 Å². The molecule has 0 radical (unpaired) electrons. The molecule has 1 amide bonds. The monoisotopic (exact) mass is 405 g/mol. The summed E-state index contributed by atoms with van der Waals surface area (Å²) in [5.41, 5.74) is 4.63. The van der Waals surface area contributed by atoms with E-state index >= 15 is 0 Å². The van der Waals surface area contributed by atoms with Crippen molar-refractivity contribution in [3.63, 3.8) is 0 Å². The quantitative estimate of drug-likeness (QED) is 0.625. The van der Waals surface area contributed by atoms with Gasteiger partial charge in [-0.05, 0) is 66.5 Å². The van der Waals surface area contributed by atoms with Crippen LogP contribution in [0.3, 0.4) is 0 Å². The lowest BCUT2D eigenvalue weighted by Gasteiger charge is -2.21. The van der Waals surface area contributed by atoms with Gasteiger partial charge in [-0.3, -0.25) is 4.79 Å². The van der Waals surface area contributed by atoms with E-state index in [2.05, 4.69) is 30.4 Å². The van der Waals surface area contributed by atoms with E-state index in [9.17, 15) is 9.18 Å². The lowest BCUT2D eigenvalue weighted by atomic mass is 9.89. The maximum Gasteiger partial charge on any atom is 0.230 e. The fraction of sp³-hybridized carbons (Fsp3) is 0.409. The number of amides is 1. The molecule has 0 saturated heterocycles. The lowest BCUT2D eigenvalue weighted by Crippen LogP contribution is -2.29. The summed E-state index contributed by atoms with van der Waals surface area (Å²) >= 11 is 7.18. The topological polar surface area (TPSA) is 29.1 Å². The van der Waals surface area contributed by atoms with Gasteiger partial charge in [-0.15, -0.1) is 11.8 Å². The number of thioether (sulfide) groups is 1. The molecular formula is C22H25ClFNOS. The van der Waals surface area contributed by atoms with Crippen LogP contribution in [0.15, 0.2) is 36.4 Å². The molecule has 0 spiro atoms. The summed E-state index contributed by atoms with van der Waals surface area (Å²) in [4.78, 5) is 12.4. The molecule has 0 aliphatic heterocycles. The third kappa shape index (κ3) is 5.49. The average molecular weight is 406 g/mol. The molecule has 3 rings (SSSR count). The molecule has 1 aliphatic rings. The highest BCUT2D eigenvalue weighted by Crippen LogP contribution is 2.26. The van der Waals surface area contributed by atoms with Crippen LogP contribution >= 0.6 is 23.4 Å². The fourth-order valence-corrected chi connectivity index (χ4v) is 4.50. The largest absolute Gasteiger partial charge is 0.349 e. The minimum atomic E-state index is -0.323. The summed E-state index contributed by atoms with van der Waals surface area (Å²) in [6.07, 6.45) is 5.66. The first-order valence-corrected chi connectivity index (χ1v) is 11.0. The van der Waals surface area contributed by atoms with Crippen molar-refractivity contribution in [2.75, 3.05) is 5.75 Å².